The summed E-state index contributed by atoms with van der Waals surface area (Å²) in [5.74, 6) is 0.295. The molecule has 2 heterocycles. The van der Waals surface area contributed by atoms with Gasteiger partial charge in [0.05, 0.1) is 11.1 Å². The van der Waals surface area contributed by atoms with E-state index in [1.165, 1.54) is 0 Å². The highest BCUT2D eigenvalue weighted by Gasteiger charge is 2.35. The first kappa shape index (κ1) is 20.5. The van der Waals surface area contributed by atoms with Crippen LogP contribution in [-0.4, -0.2) is 65.8 Å². The minimum Gasteiger partial charge on any atom is -0.339 e. The van der Waals surface area contributed by atoms with Gasteiger partial charge in [-0.1, -0.05) is 35.8 Å². The number of aromatic nitrogens is 2. The van der Waals surface area contributed by atoms with E-state index < -0.39 is 0 Å². The van der Waals surface area contributed by atoms with Crippen molar-refractivity contribution in [2.24, 2.45) is 5.92 Å². The second kappa shape index (κ2) is 8.26. The smallest absolute Gasteiger partial charge is 0.272 e. The van der Waals surface area contributed by atoms with Crippen LogP contribution < -0.4 is 11.0 Å². The number of benzene rings is 2. The third kappa shape index (κ3) is 3.93. The minimum atomic E-state index is -0.225. The van der Waals surface area contributed by atoms with Crippen molar-refractivity contribution in [1.82, 2.24) is 20.0 Å². The molecule has 2 aliphatic rings. The van der Waals surface area contributed by atoms with Gasteiger partial charge in [-0.2, -0.15) is 5.10 Å². The summed E-state index contributed by atoms with van der Waals surface area (Å²) < 4.78 is 0. The van der Waals surface area contributed by atoms with Crippen LogP contribution in [0.2, 0.25) is 0 Å². The molecule has 1 saturated carbocycles. The first-order valence-corrected chi connectivity index (χ1v) is 10.9. The SMILES string of the molecule is [B]c1ccc(Cc2n[nH]c(=O)c3ccccc23)cc1C(=O)N1CCN(C(=O)C2CC2)CC1. The second-order valence-electron chi connectivity index (χ2n) is 8.54. The number of amides is 2. The molecular weight excluding hydrogens is 403 g/mol. The zero-order chi connectivity index (χ0) is 22.2. The molecule has 0 unspecified atom stereocenters. The van der Waals surface area contributed by atoms with Crippen LogP contribution in [0.1, 0.15) is 34.5 Å². The van der Waals surface area contributed by atoms with Crippen LogP contribution in [0, 0.1) is 5.92 Å². The number of hydrogen-bond donors (Lipinski definition) is 1. The molecule has 7 nitrogen and oxygen atoms in total. The Bertz CT molecular complexity index is 1260. The average Bonchev–Trinajstić information content (AvgIpc) is 3.67. The highest BCUT2D eigenvalue weighted by molar-refractivity contribution is 6.36. The Hall–Kier alpha value is -3.42. The van der Waals surface area contributed by atoms with Gasteiger partial charge in [-0.25, -0.2) is 5.10 Å². The van der Waals surface area contributed by atoms with Crippen LogP contribution >= 0.6 is 0 Å². The van der Waals surface area contributed by atoms with Gasteiger partial charge in [0.15, 0.2) is 0 Å². The Morgan fingerprint density at radius 3 is 2.41 bits per heavy atom. The Morgan fingerprint density at radius 1 is 1.00 bits per heavy atom. The zero-order valence-corrected chi connectivity index (χ0v) is 17.7. The maximum Gasteiger partial charge on any atom is 0.272 e. The number of carbonyl (C=O) groups excluding carboxylic acids is 2. The summed E-state index contributed by atoms with van der Waals surface area (Å²) in [6.07, 6.45) is 2.43. The van der Waals surface area contributed by atoms with E-state index >= 15 is 0 Å². The molecule has 2 radical (unpaired) electrons. The molecule has 1 aliphatic carbocycles. The van der Waals surface area contributed by atoms with Gasteiger partial charge in [0, 0.05) is 49.5 Å². The zero-order valence-electron chi connectivity index (χ0n) is 17.7. The summed E-state index contributed by atoms with van der Waals surface area (Å²) in [5, 5.41) is 8.16. The van der Waals surface area contributed by atoms with Crippen LogP contribution in [0.4, 0.5) is 0 Å². The molecule has 0 spiro atoms. The Balaban J connectivity index is 1.34. The Morgan fingerprint density at radius 2 is 1.69 bits per heavy atom. The number of piperazine rings is 1. The molecule has 160 valence electrons. The number of nitrogens with zero attached hydrogens (tertiary/aromatic N) is 3. The quantitative estimate of drug-likeness (QED) is 0.631. The van der Waals surface area contributed by atoms with E-state index in [1.807, 2.05) is 29.2 Å². The highest BCUT2D eigenvalue weighted by atomic mass is 16.2. The largest absolute Gasteiger partial charge is 0.339 e. The third-order valence-corrected chi connectivity index (χ3v) is 6.30. The summed E-state index contributed by atoms with van der Waals surface area (Å²) in [6, 6.07) is 12.8. The van der Waals surface area contributed by atoms with Crippen molar-refractivity contribution in [1.29, 1.82) is 0 Å². The highest BCUT2D eigenvalue weighted by Crippen LogP contribution is 2.31. The van der Waals surface area contributed by atoms with Crippen LogP contribution in [0.15, 0.2) is 47.3 Å². The van der Waals surface area contributed by atoms with Crippen molar-refractivity contribution < 1.29 is 9.59 Å². The topological polar surface area (TPSA) is 86.4 Å². The molecule has 2 amide bonds. The van der Waals surface area contributed by atoms with E-state index in [-0.39, 0.29) is 23.3 Å². The van der Waals surface area contributed by atoms with E-state index in [9.17, 15) is 14.4 Å². The fourth-order valence-corrected chi connectivity index (χ4v) is 4.29. The van der Waals surface area contributed by atoms with Crippen molar-refractivity contribution in [3.8, 4) is 0 Å². The van der Waals surface area contributed by atoms with Gasteiger partial charge in [0.1, 0.15) is 7.85 Å². The molecule has 1 N–H and O–H groups in total. The Kier molecular flexibility index (Phi) is 5.29. The molecule has 8 heteroatoms. The lowest BCUT2D eigenvalue weighted by molar-refractivity contribution is -0.134. The Labute approximate surface area is 186 Å². The van der Waals surface area contributed by atoms with E-state index in [4.69, 9.17) is 7.85 Å². The first-order valence-electron chi connectivity index (χ1n) is 10.9. The molecule has 2 fully saturated rings. The molecule has 1 aromatic heterocycles. The number of aromatic amines is 1. The molecule has 1 aliphatic heterocycles. The molecule has 3 aromatic rings. The van der Waals surface area contributed by atoms with Gasteiger partial charge >= 0.3 is 0 Å². The predicted molar refractivity (Wildman–Crippen MR) is 122 cm³/mol. The summed E-state index contributed by atoms with van der Waals surface area (Å²) >= 11 is 0. The summed E-state index contributed by atoms with van der Waals surface area (Å²) in [7, 11) is 6.15. The number of nitrogens with one attached hydrogen (secondary N) is 1. The fourth-order valence-electron chi connectivity index (χ4n) is 4.29. The van der Waals surface area contributed by atoms with Gasteiger partial charge in [0.25, 0.3) is 11.5 Å². The maximum atomic E-state index is 13.2. The third-order valence-electron chi connectivity index (χ3n) is 6.30. The van der Waals surface area contributed by atoms with Gasteiger partial charge in [-0.05, 0) is 30.5 Å². The maximum absolute atomic E-state index is 13.2. The average molecular weight is 426 g/mol. The molecule has 0 bridgehead atoms. The van der Waals surface area contributed by atoms with Crippen molar-refractivity contribution >= 4 is 35.9 Å². The van der Waals surface area contributed by atoms with Crippen molar-refractivity contribution in [2.75, 3.05) is 26.2 Å². The lowest BCUT2D eigenvalue weighted by atomic mass is 9.87. The van der Waals surface area contributed by atoms with Crippen molar-refractivity contribution in [3.63, 3.8) is 0 Å². The van der Waals surface area contributed by atoms with Gasteiger partial charge in [-0.15, -0.1) is 0 Å². The molecule has 5 rings (SSSR count). The summed E-state index contributed by atoms with van der Waals surface area (Å²) in [6.45, 7) is 2.14. The van der Waals surface area contributed by atoms with E-state index in [0.717, 1.165) is 29.5 Å². The molecule has 32 heavy (non-hydrogen) atoms. The minimum absolute atomic E-state index is 0.123. The molecule has 1 saturated heterocycles. The van der Waals surface area contributed by atoms with Crippen LogP contribution in [0.25, 0.3) is 10.8 Å². The van der Waals surface area contributed by atoms with Crippen LogP contribution in [0.3, 0.4) is 0 Å². The van der Waals surface area contributed by atoms with Gasteiger partial charge in [-0.3, -0.25) is 14.4 Å². The fraction of sp³-hybridized carbons (Fsp3) is 0.333. The normalized spacial score (nSPS) is 16.4. The number of rotatable bonds is 4. The predicted octanol–water partition coefficient (Wildman–Crippen LogP) is 1.00. The number of H-pyrrole nitrogens is 1. The monoisotopic (exact) mass is 426 g/mol. The molecule has 2 aromatic carbocycles. The van der Waals surface area contributed by atoms with Gasteiger partial charge in [0.2, 0.25) is 5.91 Å². The van der Waals surface area contributed by atoms with E-state index in [2.05, 4.69) is 10.2 Å². The summed E-state index contributed by atoms with van der Waals surface area (Å²) in [4.78, 5) is 41.1. The van der Waals surface area contributed by atoms with Crippen LogP contribution in [0.5, 0.6) is 0 Å². The number of fused-ring (bicyclic) bond motifs is 1. The first-order chi connectivity index (χ1) is 15.5. The molecule has 0 atom stereocenters. The van der Waals surface area contributed by atoms with Crippen molar-refractivity contribution in [2.45, 2.75) is 19.3 Å². The van der Waals surface area contributed by atoms with Crippen molar-refractivity contribution in [3.05, 3.63) is 69.6 Å². The van der Waals surface area contributed by atoms with Crippen LogP contribution in [-0.2, 0) is 11.2 Å². The van der Waals surface area contributed by atoms with E-state index in [1.54, 1.807) is 23.1 Å². The number of hydrogen-bond acceptors (Lipinski definition) is 4. The number of carbonyl (C=O) groups is 2. The lowest BCUT2D eigenvalue weighted by Crippen LogP contribution is -2.51. The standard InChI is InChI=1S/C24H23BN4O3/c25-20-8-5-15(14-21-17-3-1-2-4-18(17)22(30)27-26-21)13-19(20)24(32)29-11-9-28(10-12-29)23(31)16-6-7-16/h1-5,8,13,16H,6-7,9-12,14H2,(H,27,30). The second-order valence-corrected chi connectivity index (χ2v) is 8.54. The van der Waals surface area contributed by atoms with E-state index in [0.29, 0.717) is 49.0 Å². The van der Waals surface area contributed by atoms with Gasteiger partial charge < -0.3 is 9.80 Å². The summed E-state index contributed by atoms with van der Waals surface area (Å²) in [5.41, 5.74) is 2.27. The molecular formula is C24H23BN4O3. The lowest BCUT2D eigenvalue weighted by Gasteiger charge is -2.35.